The third-order valence-electron chi connectivity index (χ3n) is 4.98. The number of benzene rings is 1. The molecule has 2 atom stereocenters. The van der Waals surface area contributed by atoms with E-state index in [9.17, 15) is 18.4 Å². The summed E-state index contributed by atoms with van der Waals surface area (Å²) in [6.45, 7) is 2.47. The molecule has 0 spiro atoms. The quantitative estimate of drug-likeness (QED) is 0.912. The maximum atomic E-state index is 13.3. The first-order valence-electron chi connectivity index (χ1n) is 7.83. The Morgan fingerprint density at radius 1 is 1.22 bits per heavy atom. The van der Waals surface area contributed by atoms with Crippen LogP contribution >= 0.6 is 0 Å². The molecule has 1 aromatic carbocycles. The zero-order valence-corrected chi connectivity index (χ0v) is 12.5. The predicted octanol–water partition coefficient (Wildman–Crippen LogP) is 1.30. The van der Waals surface area contributed by atoms with Crippen molar-refractivity contribution in [2.24, 2.45) is 5.92 Å². The Hall–Kier alpha value is -2.18. The minimum Gasteiger partial charge on any atom is -0.338 e. The summed E-state index contributed by atoms with van der Waals surface area (Å²) < 4.78 is 26.2. The van der Waals surface area contributed by atoms with Gasteiger partial charge in [-0.2, -0.15) is 0 Å². The highest BCUT2D eigenvalue weighted by Gasteiger charge is 2.49. The molecule has 1 saturated carbocycles. The molecule has 3 fully saturated rings. The number of urea groups is 1. The fraction of sp³-hybridized carbons (Fsp3) is 0.500. The van der Waals surface area contributed by atoms with Crippen molar-refractivity contribution in [2.45, 2.75) is 18.4 Å². The molecule has 2 heterocycles. The van der Waals surface area contributed by atoms with Crippen molar-refractivity contribution in [1.29, 1.82) is 0 Å². The number of nitrogens with one attached hydrogen (secondary N) is 1. The van der Waals surface area contributed by atoms with Crippen molar-refractivity contribution in [3.05, 3.63) is 35.4 Å². The van der Waals surface area contributed by atoms with Crippen molar-refractivity contribution in [3.63, 3.8) is 0 Å². The Morgan fingerprint density at radius 2 is 2.00 bits per heavy atom. The molecule has 0 unspecified atom stereocenters. The number of likely N-dealkylation sites (tertiary alicyclic amines) is 1. The fourth-order valence-electron chi connectivity index (χ4n) is 3.48. The predicted molar refractivity (Wildman–Crippen MR) is 77.7 cm³/mol. The Labute approximate surface area is 132 Å². The highest BCUT2D eigenvalue weighted by Crippen LogP contribution is 2.49. The zero-order chi connectivity index (χ0) is 16.1. The van der Waals surface area contributed by atoms with Crippen LogP contribution in [-0.4, -0.2) is 54.0 Å². The summed E-state index contributed by atoms with van der Waals surface area (Å²) in [5, 5.41) is 2.75. The van der Waals surface area contributed by atoms with Gasteiger partial charge in [0.1, 0.15) is 0 Å². The van der Waals surface area contributed by atoms with Crippen LogP contribution in [-0.2, 0) is 4.79 Å². The second kappa shape index (κ2) is 5.18. The Bertz CT molecular complexity index is 675. The van der Waals surface area contributed by atoms with Crippen molar-refractivity contribution in [1.82, 2.24) is 15.1 Å². The average molecular weight is 321 g/mol. The van der Waals surface area contributed by atoms with E-state index < -0.39 is 11.6 Å². The van der Waals surface area contributed by atoms with Crippen molar-refractivity contribution in [3.8, 4) is 0 Å². The number of hydrogen-bond acceptors (Lipinski definition) is 2. The average Bonchev–Trinajstić information content (AvgIpc) is 3.18. The minimum absolute atomic E-state index is 0.0215. The Balaban J connectivity index is 1.33. The first kappa shape index (κ1) is 14.4. The molecular formula is C16H17F2N3O2. The lowest BCUT2D eigenvalue weighted by Crippen LogP contribution is -2.62. The van der Waals surface area contributed by atoms with E-state index in [1.807, 2.05) is 0 Å². The first-order valence-corrected chi connectivity index (χ1v) is 7.83. The maximum Gasteiger partial charge on any atom is 0.317 e. The second-order valence-electron chi connectivity index (χ2n) is 6.44. The van der Waals surface area contributed by atoms with E-state index in [0.717, 1.165) is 6.07 Å². The zero-order valence-electron chi connectivity index (χ0n) is 12.5. The van der Waals surface area contributed by atoms with Crippen LogP contribution < -0.4 is 5.32 Å². The molecule has 3 amide bonds. The Kier molecular flexibility index (Phi) is 3.25. The normalized spacial score (nSPS) is 27.0. The monoisotopic (exact) mass is 321 g/mol. The third-order valence-corrected chi connectivity index (χ3v) is 4.98. The Morgan fingerprint density at radius 3 is 2.65 bits per heavy atom. The fourth-order valence-corrected chi connectivity index (χ4v) is 3.48. The van der Waals surface area contributed by atoms with Gasteiger partial charge in [-0.25, -0.2) is 13.6 Å². The number of halogens is 2. The number of amides is 3. The van der Waals surface area contributed by atoms with Gasteiger partial charge in [-0.05, 0) is 30.0 Å². The highest BCUT2D eigenvalue weighted by molar-refractivity contribution is 5.84. The van der Waals surface area contributed by atoms with E-state index in [0.29, 0.717) is 38.2 Å². The highest BCUT2D eigenvalue weighted by atomic mass is 19.2. The second-order valence-corrected chi connectivity index (χ2v) is 6.44. The number of carbonyl (C=O) groups excluding carboxylic acids is 2. The summed E-state index contributed by atoms with van der Waals surface area (Å²) in [6.07, 6.45) is 0.676. The van der Waals surface area contributed by atoms with Gasteiger partial charge in [0, 0.05) is 32.1 Å². The van der Waals surface area contributed by atoms with Crippen LogP contribution in [0.4, 0.5) is 13.6 Å². The molecule has 0 radical (unpaired) electrons. The van der Waals surface area contributed by atoms with Gasteiger partial charge in [0.25, 0.3) is 0 Å². The topological polar surface area (TPSA) is 52.7 Å². The maximum absolute atomic E-state index is 13.3. The first-order chi connectivity index (χ1) is 11.0. The summed E-state index contributed by atoms with van der Waals surface area (Å²) >= 11 is 0. The summed E-state index contributed by atoms with van der Waals surface area (Å²) in [7, 11) is 0. The molecule has 0 aromatic heterocycles. The number of rotatable bonds is 3. The number of hydrogen-bond donors (Lipinski definition) is 1. The van der Waals surface area contributed by atoms with Gasteiger partial charge in [0.15, 0.2) is 11.6 Å². The van der Waals surface area contributed by atoms with Gasteiger partial charge in [-0.15, -0.1) is 0 Å². The van der Waals surface area contributed by atoms with Crippen LogP contribution in [0, 0.1) is 17.6 Å². The van der Waals surface area contributed by atoms with Crippen LogP contribution in [0.5, 0.6) is 0 Å². The standard InChI is InChI=1S/C16H17F2N3O2/c17-13-2-1-9(5-14(13)18)11-6-12(11)15(22)20-7-10(8-20)21-4-3-19-16(21)23/h1-2,5,10-12H,3-4,6-8H2,(H,19,23)/t11-,12+/m0/s1. The van der Waals surface area contributed by atoms with Crippen LogP contribution in [0.25, 0.3) is 0 Å². The smallest absolute Gasteiger partial charge is 0.317 e. The van der Waals surface area contributed by atoms with E-state index >= 15 is 0 Å². The van der Waals surface area contributed by atoms with E-state index in [1.165, 1.54) is 6.07 Å². The van der Waals surface area contributed by atoms with E-state index in [4.69, 9.17) is 0 Å². The lowest BCUT2D eigenvalue weighted by atomic mass is 10.0. The van der Waals surface area contributed by atoms with Crippen molar-refractivity contribution < 1.29 is 18.4 Å². The van der Waals surface area contributed by atoms with Gasteiger partial charge >= 0.3 is 6.03 Å². The van der Waals surface area contributed by atoms with Crippen molar-refractivity contribution >= 4 is 11.9 Å². The summed E-state index contributed by atoms with van der Waals surface area (Å²) in [4.78, 5) is 27.5. The van der Waals surface area contributed by atoms with Crippen LogP contribution in [0.15, 0.2) is 18.2 Å². The summed E-state index contributed by atoms with van der Waals surface area (Å²) in [6, 6.07) is 3.87. The van der Waals surface area contributed by atoms with Crippen molar-refractivity contribution in [2.75, 3.05) is 26.2 Å². The van der Waals surface area contributed by atoms with E-state index in [1.54, 1.807) is 15.9 Å². The SMILES string of the molecule is O=C([C@@H]1C[C@H]1c1ccc(F)c(F)c1)N1CC(N2CCNC2=O)C1. The van der Waals surface area contributed by atoms with Gasteiger partial charge < -0.3 is 15.1 Å². The summed E-state index contributed by atoms with van der Waals surface area (Å²) in [5.74, 6) is -1.85. The van der Waals surface area contributed by atoms with Gasteiger partial charge in [0.05, 0.1) is 6.04 Å². The van der Waals surface area contributed by atoms with Crippen LogP contribution in [0.1, 0.15) is 17.9 Å². The molecule has 7 heteroatoms. The van der Waals surface area contributed by atoms with Gasteiger partial charge in [0.2, 0.25) is 5.91 Å². The molecule has 0 bridgehead atoms. The number of nitrogens with zero attached hydrogens (tertiary/aromatic N) is 2. The largest absolute Gasteiger partial charge is 0.338 e. The van der Waals surface area contributed by atoms with E-state index in [2.05, 4.69) is 5.32 Å². The molecule has 5 nitrogen and oxygen atoms in total. The van der Waals surface area contributed by atoms with Crippen LogP contribution in [0.3, 0.4) is 0 Å². The van der Waals surface area contributed by atoms with Gasteiger partial charge in [-0.1, -0.05) is 6.07 Å². The molecule has 23 heavy (non-hydrogen) atoms. The molecule has 3 aliphatic rings. The molecule has 1 aromatic rings. The molecule has 1 N–H and O–H groups in total. The van der Waals surface area contributed by atoms with Gasteiger partial charge in [-0.3, -0.25) is 4.79 Å². The third kappa shape index (κ3) is 2.44. The van der Waals surface area contributed by atoms with E-state index in [-0.39, 0.29) is 29.8 Å². The lowest BCUT2D eigenvalue weighted by Gasteiger charge is -2.43. The molecule has 4 rings (SSSR count). The molecule has 1 aliphatic carbocycles. The summed E-state index contributed by atoms with van der Waals surface area (Å²) in [5.41, 5.74) is 0.679. The molecule has 2 aliphatic heterocycles. The van der Waals surface area contributed by atoms with Crippen LogP contribution in [0.2, 0.25) is 0 Å². The lowest BCUT2D eigenvalue weighted by molar-refractivity contribution is -0.139. The molecule has 122 valence electrons. The minimum atomic E-state index is -0.871. The number of carbonyl (C=O) groups is 2. The molecular weight excluding hydrogens is 304 g/mol. The molecule has 2 saturated heterocycles.